The molecule has 0 aliphatic rings. The van der Waals surface area contributed by atoms with Crippen molar-refractivity contribution in [3.63, 3.8) is 0 Å². The summed E-state index contributed by atoms with van der Waals surface area (Å²) in [6.45, 7) is 1.60. The Labute approximate surface area is 88.2 Å². The van der Waals surface area contributed by atoms with Crippen molar-refractivity contribution in [1.29, 1.82) is 0 Å². The highest BCUT2D eigenvalue weighted by molar-refractivity contribution is 5.47. The molecule has 3 nitrogen and oxygen atoms in total. The molecule has 0 radical (unpaired) electrons. The maximum absolute atomic E-state index is 12.4. The van der Waals surface area contributed by atoms with Gasteiger partial charge in [-0.2, -0.15) is 13.2 Å². The van der Waals surface area contributed by atoms with Crippen LogP contribution in [0.1, 0.15) is 11.3 Å². The van der Waals surface area contributed by atoms with Gasteiger partial charge in [0.2, 0.25) is 0 Å². The maximum atomic E-state index is 12.4. The van der Waals surface area contributed by atoms with E-state index in [1.54, 1.807) is 19.1 Å². The Bertz CT molecular complexity index is 601. The highest BCUT2D eigenvalue weighted by atomic mass is 19.4. The molecule has 0 bridgehead atoms. The molecule has 0 saturated carbocycles. The van der Waals surface area contributed by atoms with E-state index in [2.05, 4.69) is 4.98 Å². The van der Waals surface area contributed by atoms with Gasteiger partial charge in [0.25, 0.3) is 5.56 Å². The normalized spacial score (nSPS) is 12.0. The first kappa shape index (κ1) is 10.7. The van der Waals surface area contributed by atoms with Crippen molar-refractivity contribution in [3.05, 3.63) is 46.0 Å². The van der Waals surface area contributed by atoms with Crippen LogP contribution in [0.3, 0.4) is 0 Å². The van der Waals surface area contributed by atoms with E-state index in [1.807, 2.05) is 0 Å². The smallest absolute Gasteiger partial charge is 0.269 e. The van der Waals surface area contributed by atoms with Crippen molar-refractivity contribution >= 4 is 5.65 Å². The number of nitrogens with zero attached hydrogens (tertiary/aromatic N) is 2. The fraction of sp³-hybridized carbons (Fsp3) is 0.200. The zero-order valence-electron chi connectivity index (χ0n) is 8.25. The van der Waals surface area contributed by atoms with E-state index < -0.39 is 17.4 Å². The largest absolute Gasteiger partial charge is 0.433 e. The summed E-state index contributed by atoms with van der Waals surface area (Å²) in [6.07, 6.45) is -3.21. The number of rotatable bonds is 0. The Hall–Kier alpha value is -1.85. The molecular formula is C10H7F3N2O. The van der Waals surface area contributed by atoms with Crippen molar-refractivity contribution in [2.24, 2.45) is 0 Å². The topological polar surface area (TPSA) is 34.4 Å². The van der Waals surface area contributed by atoms with E-state index in [9.17, 15) is 18.0 Å². The van der Waals surface area contributed by atoms with E-state index in [4.69, 9.17) is 0 Å². The minimum Gasteiger partial charge on any atom is -0.269 e. The lowest BCUT2D eigenvalue weighted by Crippen LogP contribution is -2.20. The van der Waals surface area contributed by atoms with Gasteiger partial charge in [-0.05, 0) is 18.6 Å². The van der Waals surface area contributed by atoms with Gasteiger partial charge in [-0.3, -0.25) is 9.20 Å². The van der Waals surface area contributed by atoms with Crippen LogP contribution in [0.15, 0.2) is 29.2 Å². The van der Waals surface area contributed by atoms with Gasteiger partial charge in [0.1, 0.15) is 5.65 Å². The highest BCUT2D eigenvalue weighted by Crippen LogP contribution is 2.26. The van der Waals surface area contributed by atoms with Crippen LogP contribution in [0.5, 0.6) is 0 Å². The Kier molecular flexibility index (Phi) is 2.22. The number of halogens is 3. The summed E-state index contributed by atoms with van der Waals surface area (Å²) in [5.74, 6) is 0. The SMILES string of the molecule is Cc1cccn2c(=O)cc(C(F)(F)F)nc12. The molecule has 16 heavy (non-hydrogen) atoms. The molecule has 0 aliphatic heterocycles. The van der Waals surface area contributed by atoms with Gasteiger partial charge in [-0.1, -0.05) is 6.07 Å². The number of aryl methyl sites for hydroxylation is 1. The van der Waals surface area contributed by atoms with E-state index >= 15 is 0 Å². The van der Waals surface area contributed by atoms with Gasteiger partial charge >= 0.3 is 6.18 Å². The molecule has 0 aromatic carbocycles. The van der Waals surface area contributed by atoms with E-state index in [-0.39, 0.29) is 5.65 Å². The van der Waals surface area contributed by atoms with Gasteiger partial charge in [0, 0.05) is 12.3 Å². The van der Waals surface area contributed by atoms with Crippen LogP contribution in [-0.4, -0.2) is 9.38 Å². The molecule has 2 rings (SSSR count). The van der Waals surface area contributed by atoms with Crippen molar-refractivity contribution in [1.82, 2.24) is 9.38 Å². The molecule has 0 unspecified atom stereocenters. The van der Waals surface area contributed by atoms with Gasteiger partial charge < -0.3 is 0 Å². The minimum absolute atomic E-state index is 0.0299. The Morgan fingerprint density at radius 3 is 2.69 bits per heavy atom. The molecule has 0 aliphatic carbocycles. The van der Waals surface area contributed by atoms with Crippen LogP contribution in [0.4, 0.5) is 13.2 Å². The van der Waals surface area contributed by atoms with Crippen LogP contribution in [0, 0.1) is 6.92 Å². The van der Waals surface area contributed by atoms with Crippen LogP contribution in [0.25, 0.3) is 5.65 Å². The van der Waals surface area contributed by atoms with Gasteiger partial charge in [-0.15, -0.1) is 0 Å². The first-order valence-corrected chi connectivity index (χ1v) is 4.46. The summed E-state index contributed by atoms with van der Waals surface area (Å²) in [6, 6.07) is 3.67. The highest BCUT2D eigenvalue weighted by Gasteiger charge is 2.33. The molecule has 0 spiro atoms. The second-order valence-electron chi connectivity index (χ2n) is 3.36. The predicted octanol–water partition coefficient (Wildman–Crippen LogP) is 2.02. The summed E-state index contributed by atoms with van der Waals surface area (Å²) in [5.41, 5.74) is -1.35. The number of aromatic nitrogens is 2. The van der Waals surface area contributed by atoms with Crippen molar-refractivity contribution in [2.75, 3.05) is 0 Å². The summed E-state index contributed by atoms with van der Waals surface area (Å²) >= 11 is 0. The average molecular weight is 228 g/mol. The molecule has 0 amide bonds. The van der Waals surface area contributed by atoms with Gasteiger partial charge in [-0.25, -0.2) is 4.98 Å². The van der Waals surface area contributed by atoms with Crippen molar-refractivity contribution in [3.8, 4) is 0 Å². The van der Waals surface area contributed by atoms with E-state index in [0.717, 1.165) is 4.40 Å². The first-order chi connectivity index (χ1) is 7.39. The molecule has 84 valence electrons. The Balaban J connectivity index is 2.86. The fourth-order valence-corrected chi connectivity index (χ4v) is 1.41. The zero-order valence-corrected chi connectivity index (χ0v) is 8.25. The van der Waals surface area contributed by atoms with Crippen LogP contribution in [0.2, 0.25) is 0 Å². The molecule has 0 N–H and O–H groups in total. The molecule has 2 aromatic rings. The summed E-state index contributed by atoms with van der Waals surface area (Å²) in [4.78, 5) is 14.9. The summed E-state index contributed by atoms with van der Waals surface area (Å²) in [7, 11) is 0. The molecule has 0 fully saturated rings. The third-order valence-electron chi connectivity index (χ3n) is 2.18. The van der Waals surface area contributed by atoms with Crippen molar-refractivity contribution < 1.29 is 13.2 Å². The number of hydrogen-bond donors (Lipinski definition) is 0. The minimum atomic E-state index is -4.60. The maximum Gasteiger partial charge on any atom is 0.433 e. The molecule has 0 saturated heterocycles. The number of alkyl halides is 3. The molecule has 6 heteroatoms. The Morgan fingerprint density at radius 2 is 2.06 bits per heavy atom. The van der Waals surface area contributed by atoms with Crippen LogP contribution in [-0.2, 0) is 6.18 Å². The molecule has 0 atom stereocenters. The predicted molar refractivity (Wildman–Crippen MR) is 51.2 cm³/mol. The standard InChI is InChI=1S/C10H7F3N2O/c1-6-3-2-4-15-8(16)5-7(10(11,12)13)14-9(6)15/h2-5H,1H3. The lowest BCUT2D eigenvalue weighted by Gasteiger charge is -2.08. The number of fused-ring (bicyclic) bond motifs is 1. The molecule has 2 aromatic heterocycles. The van der Waals surface area contributed by atoms with Crippen LogP contribution < -0.4 is 5.56 Å². The Morgan fingerprint density at radius 1 is 1.38 bits per heavy atom. The zero-order chi connectivity index (χ0) is 11.9. The van der Waals surface area contributed by atoms with Gasteiger partial charge in [0.15, 0.2) is 5.69 Å². The van der Waals surface area contributed by atoms with Crippen molar-refractivity contribution in [2.45, 2.75) is 13.1 Å². The first-order valence-electron chi connectivity index (χ1n) is 4.46. The lowest BCUT2D eigenvalue weighted by molar-refractivity contribution is -0.141. The third kappa shape index (κ3) is 1.66. The monoisotopic (exact) mass is 228 g/mol. The molecular weight excluding hydrogens is 221 g/mol. The van der Waals surface area contributed by atoms with E-state index in [0.29, 0.717) is 11.6 Å². The average Bonchev–Trinajstić information content (AvgIpc) is 2.18. The number of hydrogen-bond acceptors (Lipinski definition) is 2. The molecule has 2 heterocycles. The quantitative estimate of drug-likeness (QED) is 0.691. The third-order valence-corrected chi connectivity index (χ3v) is 2.18. The fourth-order valence-electron chi connectivity index (χ4n) is 1.41. The van der Waals surface area contributed by atoms with Crippen LogP contribution >= 0.6 is 0 Å². The second-order valence-corrected chi connectivity index (χ2v) is 3.36. The summed E-state index contributed by atoms with van der Waals surface area (Å²) in [5, 5.41) is 0. The van der Waals surface area contributed by atoms with E-state index in [1.165, 1.54) is 6.20 Å². The second kappa shape index (κ2) is 3.33. The number of pyridine rings is 1. The lowest BCUT2D eigenvalue weighted by atomic mass is 10.3. The van der Waals surface area contributed by atoms with Gasteiger partial charge in [0.05, 0.1) is 0 Å². The summed E-state index contributed by atoms with van der Waals surface area (Å²) < 4.78 is 38.3.